The number of sulfonamides is 1. The van der Waals surface area contributed by atoms with Crippen LogP contribution in [-0.2, 0) is 16.4 Å². The van der Waals surface area contributed by atoms with Crippen LogP contribution in [0.15, 0.2) is 77.8 Å². The van der Waals surface area contributed by atoms with E-state index in [0.717, 1.165) is 27.6 Å². The second-order valence-electron chi connectivity index (χ2n) is 8.90. The van der Waals surface area contributed by atoms with E-state index in [0.29, 0.717) is 12.0 Å². The summed E-state index contributed by atoms with van der Waals surface area (Å²) >= 11 is 0. The summed E-state index contributed by atoms with van der Waals surface area (Å²) in [6.45, 7) is 1.60. The van der Waals surface area contributed by atoms with E-state index in [1.807, 2.05) is 55.6 Å². The van der Waals surface area contributed by atoms with Gasteiger partial charge in [0.2, 0.25) is 10.0 Å². The van der Waals surface area contributed by atoms with E-state index in [1.165, 1.54) is 7.11 Å². The van der Waals surface area contributed by atoms with Gasteiger partial charge in [-0.05, 0) is 53.4 Å². The molecule has 4 N–H and O–H groups in total. The zero-order valence-corrected chi connectivity index (χ0v) is 21.8. The molecule has 1 amide bonds. The Bertz CT molecular complexity index is 1500. The topological polar surface area (TPSA) is 121 Å². The highest BCUT2D eigenvalue weighted by Gasteiger charge is 2.25. The molecule has 0 spiro atoms. The molecule has 0 fully saturated rings. The van der Waals surface area contributed by atoms with Gasteiger partial charge in [0, 0.05) is 41.7 Å². The number of nitrogens with one attached hydrogen (secondary N) is 3. The van der Waals surface area contributed by atoms with E-state index in [4.69, 9.17) is 4.74 Å². The number of fused-ring (bicyclic) bond motifs is 1. The van der Waals surface area contributed by atoms with E-state index in [9.17, 15) is 18.3 Å². The summed E-state index contributed by atoms with van der Waals surface area (Å²) in [6.07, 6.45) is 2.15. The van der Waals surface area contributed by atoms with Crippen molar-refractivity contribution < 1.29 is 23.1 Å². The number of carbonyl (C=O) groups excluding carboxylic acids is 1. The minimum atomic E-state index is -4.03. The van der Waals surface area contributed by atoms with Crippen molar-refractivity contribution in [1.29, 1.82) is 0 Å². The molecule has 0 aliphatic heterocycles. The van der Waals surface area contributed by atoms with E-state index in [-0.39, 0.29) is 29.1 Å². The fraction of sp³-hybridized carbons (Fsp3) is 0.250. The van der Waals surface area contributed by atoms with Crippen molar-refractivity contribution in [3.05, 3.63) is 95.2 Å². The number of carbonyl (C=O) groups is 1. The minimum absolute atomic E-state index is 0.00120. The minimum Gasteiger partial charge on any atom is -0.495 e. The van der Waals surface area contributed by atoms with Gasteiger partial charge in [0.15, 0.2) is 0 Å². The van der Waals surface area contributed by atoms with Crippen LogP contribution >= 0.6 is 0 Å². The number of aromatic amines is 1. The average molecular weight is 522 g/mol. The number of ether oxygens (including phenoxy) is 1. The lowest BCUT2D eigenvalue weighted by molar-refractivity contribution is 0.0963. The molecule has 4 aromatic rings. The second kappa shape index (κ2) is 11.2. The van der Waals surface area contributed by atoms with Crippen LogP contribution in [0.5, 0.6) is 5.75 Å². The number of hydrogen-bond donors (Lipinski definition) is 4. The Morgan fingerprint density at radius 2 is 1.76 bits per heavy atom. The average Bonchev–Trinajstić information content (AvgIpc) is 3.34. The molecule has 0 saturated heterocycles. The normalized spacial score (nSPS) is 13.3. The molecule has 0 unspecified atom stereocenters. The van der Waals surface area contributed by atoms with Gasteiger partial charge >= 0.3 is 0 Å². The number of para-hydroxylation sites is 1. The molecule has 8 nitrogen and oxygen atoms in total. The van der Waals surface area contributed by atoms with Crippen molar-refractivity contribution >= 4 is 26.8 Å². The molecule has 0 bridgehead atoms. The SMILES string of the molecule is CNC(=O)c1ccc([C@H](C)c2ccc(OC)c(S(=O)(=O)N[C@@H](CO)Cc3c[nH]c4ccccc34)c2)cc1. The zero-order valence-electron chi connectivity index (χ0n) is 21.0. The van der Waals surface area contributed by atoms with Crippen LogP contribution in [0.2, 0.25) is 0 Å². The fourth-order valence-corrected chi connectivity index (χ4v) is 5.86. The summed E-state index contributed by atoms with van der Waals surface area (Å²) in [5.74, 6) is -0.102. The Balaban J connectivity index is 1.60. The highest BCUT2D eigenvalue weighted by Crippen LogP contribution is 2.31. The lowest BCUT2D eigenvalue weighted by Crippen LogP contribution is -2.39. The Morgan fingerprint density at radius 1 is 1.05 bits per heavy atom. The summed E-state index contributed by atoms with van der Waals surface area (Å²) in [4.78, 5) is 15.0. The maximum Gasteiger partial charge on any atom is 0.251 e. The van der Waals surface area contributed by atoms with Gasteiger partial charge in [-0.25, -0.2) is 13.1 Å². The molecule has 9 heteroatoms. The number of aliphatic hydroxyl groups is 1. The summed E-state index contributed by atoms with van der Waals surface area (Å²) in [7, 11) is -1.03. The van der Waals surface area contributed by atoms with Crippen molar-refractivity contribution in [3.63, 3.8) is 0 Å². The highest BCUT2D eigenvalue weighted by atomic mass is 32.2. The molecule has 3 aromatic carbocycles. The smallest absolute Gasteiger partial charge is 0.251 e. The van der Waals surface area contributed by atoms with Crippen LogP contribution in [-0.4, -0.2) is 51.2 Å². The first-order valence-corrected chi connectivity index (χ1v) is 13.4. The molecule has 0 aliphatic carbocycles. The van der Waals surface area contributed by atoms with Crippen molar-refractivity contribution in [2.24, 2.45) is 0 Å². The van der Waals surface area contributed by atoms with E-state index >= 15 is 0 Å². The third-order valence-corrected chi connectivity index (χ3v) is 8.10. The third kappa shape index (κ3) is 5.69. The lowest BCUT2D eigenvalue weighted by Gasteiger charge is -2.20. The Kier molecular flexibility index (Phi) is 7.97. The van der Waals surface area contributed by atoms with Gasteiger partial charge < -0.3 is 20.1 Å². The van der Waals surface area contributed by atoms with Crippen molar-refractivity contribution in [3.8, 4) is 5.75 Å². The second-order valence-corrected chi connectivity index (χ2v) is 10.6. The molecular formula is C28H31N3O5S. The third-order valence-electron chi connectivity index (χ3n) is 6.56. The van der Waals surface area contributed by atoms with E-state index in [2.05, 4.69) is 15.0 Å². The lowest BCUT2D eigenvalue weighted by atomic mass is 9.92. The molecule has 194 valence electrons. The van der Waals surface area contributed by atoms with Gasteiger partial charge in [-0.3, -0.25) is 4.79 Å². The first kappa shape index (κ1) is 26.4. The number of H-pyrrole nitrogens is 1. The van der Waals surface area contributed by atoms with Gasteiger partial charge in [-0.2, -0.15) is 0 Å². The van der Waals surface area contributed by atoms with Gasteiger partial charge in [0.05, 0.1) is 13.7 Å². The number of amides is 1. The largest absolute Gasteiger partial charge is 0.495 e. The predicted octanol–water partition coefficient (Wildman–Crippen LogP) is 3.57. The molecule has 0 aliphatic rings. The summed E-state index contributed by atoms with van der Waals surface area (Å²) in [6, 6.07) is 19.3. The monoisotopic (exact) mass is 521 g/mol. The van der Waals surface area contributed by atoms with Gasteiger partial charge in [0.1, 0.15) is 10.6 Å². The molecule has 37 heavy (non-hydrogen) atoms. The summed E-state index contributed by atoms with van der Waals surface area (Å²) < 4.78 is 35.0. The molecule has 4 rings (SSSR count). The number of aromatic nitrogens is 1. The fourth-order valence-electron chi connectivity index (χ4n) is 4.42. The highest BCUT2D eigenvalue weighted by molar-refractivity contribution is 7.89. The van der Waals surface area contributed by atoms with E-state index in [1.54, 1.807) is 31.3 Å². The van der Waals surface area contributed by atoms with Crippen LogP contribution < -0.4 is 14.8 Å². The molecular weight excluding hydrogens is 490 g/mol. The maximum absolute atomic E-state index is 13.5. The van der Waals surface area contributed by atoms with Crippen molar-refractivity contribution in [2.75, 3.05) is 20.8 Å². The first-order valence-electron chi connectivity index (χ1n) is 12.0. The zero-order chi connectivity index (χ0) is 26.6. The maximum atomic E-state index is 13.5. The number of rotatable bonds is 10. The number of hydrogen-bond acceptors (Lipinski definition) is 5. The molecule has 0 saturated carbocycles. The van der Waals surface area contributed by atoms with Crippen LogP contribution in [0.4, 0.5) is 0 Å². The number of benzene rings is 3. The Labute approximate surface area is 216 Å². The van der Waals surface area contributed by atoms with Crippen LogP contribution in [0.3, 0.4) is 0 Å². The van der Waals surface area contributed by atoms with Crippen molar-refractivity contribution in [2.45, 2.75) is 30.2 Å². The van der Waals surface area contributed by atoms with E-state index < -0.39 is 16.1 Å². The molecule has 1 heterocycles. The Morgan fingerprint density at radius 3 is 2.43 bits per heavy atom. The number of aliphatic hydroxyl groups excluding tert-OH is 1. The van der Waals surface area contributed by atoms with Crippen molar-refractivity contribution in [1.82, 2.24) is 15.0 Å². The van der Waals surface area contributed by atoms with Crippen LogP contribution in [0.1, 0.15) is 39.9 Å². The van der Waals surface area contributed by atoms with Gasteiger partial charge in [-0.15, -0.1) is 0 Å². The summed E-state index contributed by atoms with van der Waals surface area (Å²) in [5, 5.41) is 13.6. The quantitative estimate of drug-likeness (QED) is 0.254. The first-order chi connectivity index (χ1) is 17.8. The van der Waals surface area contributed by atoms with Crippen LogP contribution in [0.25, 0.3) is 10.9 Å². The molecule has 2 atom stereocenters. The molecule has 1 aromatic heterocycles. The summed E-state index contributed by atoms with van der Waals surface area (Å²) in [5.41, 5.74) is 4.11. The van der Waals surface area contributed by atoms with Gasteiger partial charge in [-0.1, -0.05) is 43.3 Å². The van der Waals surface area contributed by atoms with Crippen LogP contribution in [0, 0.1) is 0 Å². The predicted molar refractivity (Wildman–Crippen MR) is 144 cm³/mol. The molecule has 0 radical (unpaired) electrons. The Hall–Kier alpha value is -3.66. The number of methoxy groups -OCH3 is 1. The van der Waals surface area contributed by atoms with Gasteiger partial charge in [0.25, 0.3) is 5.91 Å². The standard InChI is InChI=1S/C28H31N3O5S/c1-18(19-8-10-20(11-9-19)28(33)29-2)21-12-13-26(36-3)27(15-21)37(34,35)31-23(17-32)14-22-16-30-25-7-5-4-6-24(22)25/h4-13,15-16,18,23,30-32H,14,17H2,1-3H3,(H,29,33)/t18-,23+/m0/s1.